The molecule has 0 aliphatic heterocycles. The van der Waals surface area contributed by atoms with Gasteiger partial charge >= 0.3 is 0 Å². The van der Waals surface area contributed by atoms with Crippen molar-refractivity contribution >= 4 is 39.5 Å². The highest BCUT2D eigenvalue weighted by atomic mass is 79.9. The third kappa shape index (κ3) is 6.88. The van der Waals surface area contributed by atoms with E-state index in [9.17, 15) is 9.59 Å². The number of halogens is 1. The van der Waals surface area contributed by atoms with E-state index in [1.54, 1.807) is 16.7 Å². The van der Waals surface area contributed by atoms with Crippen molar-refractivity contribution < 1.29 is 9.59 Å². The smallest absolute Gasteiger partial charge is 0.242 e. The van der Waals surface area contributed by atoms with Crippen molar-refractivity contribution in [3.05, 3.63) is 70.2 Å². The molecule has 3 rings (SSSR count). The number of hydrogen-bond donors (Lipinski definition) is 1. The van der Waals surface area contributed by atoms with Crippen LogP contribution in [0.5, 0.6) is 0 Å². The van der Waals surface area contributed by atoms with Crippen LogP contribution < -0.4 is 5.32 Å². The van der Waals surface area contributed by atoms with Gasteiger partial charge in [0.1, 0.15) is 6.04 Å². The monoisotopic (exact) mass is 488 g/mol. The predicted molar refractivity (Wildman–Crippen MR) is 127 cm³/mol. The van der Waals surface area contributed by atoms with E-state index in [4.69, 9.17) is 0 Å². The number of nitrogens with one attached hydrogen (secondary N) is 1. The zero-order valence-electron chi connectivity index (χ0n) is 17.4. The second kappa shape index (κ2) is 11.6. The molecule has 1 saturated carbocycles. The second-order valence-electron chi connectivity index (χ2n) is 7.79. The third-order valence-corrected chi connectivity index (χ3v) is 6.99. The number of carbonyl (C=O) groups excluding carboxylic acids is 2. The Morgan fingerprint density at radius 1 is 1.07 bits per heavy atom. The van der Waals surface area contributed by atoms with Crippen molar-refractivity contribution in [3.8, 4) is 0 Å². The Kier molecular flexibility index (Phi) is 8.82. The van der Waals surface area contributed by atoms with Crippen LogP contribution in [0.4, 0.5) is 0 Å². The van der Waals surface area contributed by atoms with Crippen molar-refractivity contribution in [2.45, 2.75) is 57.0 Å². The number of nitrogens with zero attached hydrogens (tertiary/aromatic N) is 1. The molecule has 1 atom stereocenters. The van der Waals surface area contributed by atoms with Crippen molar-refractivity contribution in [2.24, 2.45) is 0 Å². The normalized spacial score (nSPS) is 15.0. The molecule has 2 aromatic carbocycles. The average Bonchev–Trinajstić information content (AvgIpc) is 3.26. The van der Waals surface area contributed by atoms with Crippen LogP contribution >= 0.6 is 27.7 Å². The van der Waals surface area contributed by atoms with Gasteiger partial charge in [0.25, 0.3) is 0 Å². The zero-order valence-corrected chi connectivity index (χ0v) is 19.8. The molecule has 0 unspecified atom stereocenters. The molecule has 2 aromatic rings. The molecule has 160 valence electrons. The lowest BCUT2D eigenvalue weighted by Crippen LogP contribution is -2.50. The summed E-state index contributed by atoms with van der Waals surface area (Å²) >= 11 is 5.03. The quantitative estimate of drug-likeness (QED) is 0.530. The SMILES string of the molecule is C[C@@H](C(=O)NC1CCCC1)N(Cc1ccccc1)C(=O)CSCc1ccc(Br)cc1. The molecule has 1 aliphatic carbocycles. The van der Waals surface area contributed by atoms with Crippen molar-refractivity contribution in [1.29, 1.82) is 0 Å². The lowest BCUT2D eigenvalue weighted by atomic mass is 10.1. The maximum absolute atomic E-state index is 13.1. The molecule has 0 saturated heterocycles. The Morgan fingerprint density at radius 2 is 1.73 bits per heavy atom. The first-order chi connectivity index (χ1) is 14.5. The Labute approximate surface area is 191 Å². The molecule has 1 fully saturated rings. The molecule has 0 spiro atoms. The molecular formula is C24H29BrN2O2S. The van der Waals surface area contributed by atoms with Crippen LogP contribution in [0.3, 0.4) is 0 Å². The third-order valence-electron chi connectivity index (χ3n) is 5.47. The molecular weight excluding hydrogens is 460 g/mol. The van der Waals surface area contributed by atoms with Crippen LogP contribution in [0.2, 0.25) is 0 Å². The first kappa shape index (κ1) is 22.9. The highest BCUT2D eigenvalue weighted by Crippen LogP contribution is 2.20. The number of carbonyl (C=O) groups is 2. The van der Waals surface area contributed by atoms with E-state index < -0.39 is 6.04 Å². The maximum atomic E-state index is 13.1. The Morgan fingerprint density at radius 3 is 2.40 bits per heavy atom. The van der Waals surface area contributed by atoms with E-state index in [2.05, 4.69) is 33.4 Å². The largest absolute Gasteiger partial charge is 0.352 e. The fourth-order valence-corrected chi connectivity index (χ4v) is 4.81. The second-order valence-corrected chi connectivity index (χ2v) is 9.69. The molecule has 30 heavy (non-hydrogen) atoms. The molecule has 0 bridgehead atoms. The van der Waals surface area contributed by atoms with Gasteiger partial charge in [-0.05, 0) is 43.0 Å². The first-order valence-corrected chi connectivity index (χ1v) is 12.4. The summed E-state index contributed by atoms with van der Waals surface area (Å²) in [5, 5.41) is 3.14. The molecule has 6 heteroatoms. The molecule has 0 aromatic heterocycles. The van der Waals surface area contributed by atoms with Gasteiger partial charge < -0.3 is 10.2 Å². The molecule has 0 radical (unpaired) electrons. The minimum atomic E-state index is -0.494. The predicted octanol–water partition coefficient (Wildman–Crippen LogP) is 5.16. The molecule has 2 amide bonds. The summed E-state index contributed by atoms with van der Waals surface area (Å²) < 4.78 is 1.04. The lowest BCUT2D eigenvalue weighted by Gasteiger charge is -2.29. The van der Waals surface area contributed by atoms with E-state index in [1.165, 1.54) is 18.4 Å². The van der Waals surface area contributed by atoms with Crippen LogP contribution in [0.15, 0.2) is 59.1 Å². The van der Waals surface area contributed by atoms with E-state index in [-0.39, 0.29) is 17.9 Å². The zero-order chi connectivity index (χ0) is 21.3. The summed E-state index contributed by atoms with van der Waals surface area (Å²) in [6.07, 6.45) is 4.40. The summed E-state index contributed by atoms with van der Waals surface area (Å²) in [5.74, 6) is 1.06. The minimum absolute atomic E-state index is 0.00460. The van der Waals surface area contributed by atoms with Crippen molar-refractivity contribution in [3.63, 3.8) is 0 Å². The van der Waals surface area contributed by atoms with Crippen LogP contribution in [0, 0.1) is 0 Å². The van der Waals surface area contributed by atoms with Gasteiger partial charge in [-0.15, -0.1) is 11.8 Å². The van der Waals surface area contributed by atoms with Crippen LogP contribution in [-0.2, 0) is 21.9 Å². The lowest BCUT2D eigenvalue weighted by molar-refractivity contribution is -0.138. The summed E-state index contributed by atoms with van der Waals surface area (Å²) in [6.45, 7) is 2.28. The van der Waals surface area contributed by atoms with Gasteiger partial charge in [0, 0.05) is 22.8 Å². The number of amides is 2. The first-order valence-electron chi connectivity index (χ1n) is 10.5. The standard InChI is InChI=1S/C24H29BrN2O2S/c1-18(24(29)26-22-9-5-6-10-22)27(15-19-7-3-2-4-8-19)23(28)17-30-16-20-11-13-21(25)14-12-20/h2-4,7-8,11-14,18,22H,5-6,9-10,15-17H2,1H3,(H,26,29)/t18-/m0/s1. The number of rotatable bonds is 9. The van der Waals surface area contributed by atoms with E-state index >= 15 is 0 Å². The Hall–Kier alpha value is -1.79. The maximum Gasteiger partial charge on any atom is 0.242 e. The Bertz CT molecular complexity index is 823. The van der Waals surface area contributed by atoms with Gasteiger partial charge in [0.2, 0.25) is 11.8 Å². The Balaban J connectivity index is 1.62. The molecule has 4 nitrogen and oxygen atoms in total. The number of thioether (sulfide) groups is 1. The van der Waals surface area contributed by atoms with E-state index in [0.29, 0.717) is 12.3 Å². The average molecular weight is 489 g/mol. The highest BCUT2D eigenvalue weighted by Gasteiger charge is 2.28. The summed E-state index contributed by atoms with van der Waals surface area (Å²) in [5.41, 5.74) is 2.21. The number of benzene rings is 2. The van der Waals surface area contributed by atoms with Crippen LogP contribution in [0.25, 0.3) is 0 Å². The minimum Gasteiger partial charge on any atom is -0.352 e. The van der Waals surface area contributed by atoms with Crippen LogP contribution in [0.1, 0.15) is 43.7 Å². The number of hydrogen-bond acceptors (Lipinski definition) is 3. The van der Waals surface area contributed by atoms with E-state index in [1.807, 2.05) is 49.4 Å². The van der Waals surface area contributed by atoms with Crippen molar-refractivity contribution in [1.82, 2.24) is 10.2 Å². The highest BCUT2D eigenvalue weighted by molar-refractivity contribution is 9.10. The van der Waals surface area contributed by atoms with Crippen LogP contribution in [-0.4, -0.2) is 34.6 Å². The van der Waals surface area contributed by atoms with Gasteiger partial charge in [-0.1, -0.05) is 71.2 Å². The van der Waals surface area contributed by atoms with E-state index in [0.717, 1.165) is 28.6 Å². The fraction of sp³-hybridized carbons (Fsp3) is 0.417. The molecule has 0 heterocycles. The van der Waals surface area contributed by atoms with Gasteiger partial charge in [-0.2, -0.15) is 0 Å². The van der Waals surface area contributed by atoms with Gasteiger partial charge in [-0.3, -0.25) is 9.59 Å². The van der Waals surface area contributed by atoms with Gasteiger partial charge in [-0.25, -0.2) is 0 Å². The van der Waals surface area contributed by atoms with Gasteiger partial charge in [0.15, 0.2) is 0 Å². The summed E-state index contributed by atoms with van der Waals surface area (Å²) in [7, 11) is 0. The summed E-state index contributed by atoms with van der Waals surface area (Å²) in [6, 6.07) is 17.8. The topological polar surface area (TPSA) is 49.4 Å². The summed E-state index contributed by atoms with van der Waals surface area (Å²) in [4.78, 5) is 27.7. The fourth-order valence-electron chi connectivity index (χ4n) is 3.67. The van der Waals surface area contributed by atoms with Gasteiger partial charge in [0.05, 0.1) is 5.75 Å². The molecule has 1 aliphatic rings. The van der Waals surface area contributed by atoms with Crippen molar-refractivity contribution in [2.75, 3.05) is 5.75 Å². The molecule has 1 N–H and O–H groups in total.